The minimum absolute atomic E-state index is 0.185. The van der Waals surface area contributed by atoms with Crippen molar-refractivity contribution >= 4 is 5.78 Å². The largest absolute Gasteiger partial charge is 0.393 e. The number of aliphatic hydroxyl groups excluding tert-OH is 1. The highest BCUT2D eigenvalue weighted by Gasteiger charge is 2.21. The number of nitrogens with one attached hydrogen (secondary N) is 1. The maximum atomic E-state index is 12.3. The van der Waals surface area contributed by atoms with Gasteiger partial charge in [0.25, 0.3) is 0 Å². The molecule has 1 heterocycles. The molecule has 1 unspecified atom stereocenters. The monoisotopic (exact) mass is 261 g/mol. The smallest absolute Gasteiger partial charge is 0.166 e. The topological polar surface area (TPSA) is 49.3 Å². The van der Waals surface area contributed by atoms with E-state index in [4.69, 9.17) is 0 Å². The summed E-state index contributed by atoms with van der Waals surface area (Å²) in [4.78, 5) is 12.3. The molecule has 0 aromatic heterocycles. The lowest BCUT2D eigenvalue weighted by atomic mass is 9.89. The number of carbonyl (C=O) groups excluding carboxylic acids is 1. The molecule has 0 amide bonds. The van der Waals surface area contributed by atoms with Crippen LogP contribution in [0.25, 0.3) is 0 Å². The van der Waals surface area contributed by atoms with Gasteiger partial charge in [0.05, 0.1) is 6.10 Å². The van der Waals surface area contributed by atoms with Crippen LogP contribution in [0.15, 0.2) is 24.3 Å². The zero-order chi connectivity index (χ0) is 13.7. The molecule has 3 heteroatoms. The van der Waals surface area contributed by atoms with Crippen molar-refractivity contribution in [1.82, 2.24) is 5.32 Å². The van der Waals surface area contributed by atoms with E-state index in [0.29, 0.717) is 0 Å². The second-order valence-electron chi connectivity index (χ2n) is 5.47. The van der Waals surface area contributed by atoms with Crippen LogP contribution in [-0.2, 0) is 6.42 Å². The van der Waals surface area contributed by atoms with Crippen molar-refractivity contribution < 1.29 is 9.90 Å². The lowest BCUT2D eigenvalue weighted by Gasteiger charge is -2.21. The van der Waals surface area contributed by atoms with E-state index in [0.717, 1.165) is 44.3 Å². The van der Waals surface area contributed by atoms with Crippen molar-refractivity contribution in [2.45, 2.75) is 38.7 Å². The number of hydrogen-bond donors (Lipinski definition) is 2. The Morgan fingerprint density at radius 2 is 1.95 bits per heavy atom. The molecule has 1 saturated heterocycles. The van der Waals surface area contributed by atoms with Gasteiger partial charge in [0.1, 0.15) is 0 Å². The summed E-state index contributed by atoms with van der Waals surface area (Å²) in [6.45, 7) is 3.70. The van der Waals surface area contributed by atoms with E-state index in [-0.39, 0.29) is 17.8 Å². The van der Waals surface area contributed by atoms with Gasteiger partial charge in [0.2, 0.25) is 0 Å². The first-order chi connectivity index (χ1) is 9.16. The van der Waals surface area contributed by atoms with Crippen molar-refractivity contribution in [2.75, 3.05) is 13.1 Å². The third-order valence-electron chi connectivity index (χ3n) is 3.80. The van der Waals surface area contributed by atoms with Gasteiger partial charge in [0.15, 0.2) is 5.78 Å². The molecule has 0 spiro atoms. The summed E-state index contributed by atoms with van der Waals surface area (Å²) in [6.07, 6.45) is 3.25. The van der Waals surface area contributed by atoms with Crippen LogP contribution in [-0.4, -0.2) is 30.1 Å². The molecule has 1 aromatic carbocycles. The fourth-order valence-corrected chi connectivity index (χ4v) is 2.53. The van der Waals surface area contributed by atoms with Crippen LogP contribution in [0.5, 0.6) is 0 Å². The Balaban J connectivity index is 1.95. The van der Waals surface area contributed by atoms with Crippen molar-refractivity contribution in [3.63, 3.8) is 0 Å². The van der Waals surface area contributed by atoms with Crippen LogP contribution >= 0.6 is 0 Å². The predicted molar refractivity (Wildman–Crippen MR) is 76.4 cm³/mol. The molecule has 2 rings (SSSR count). The summed E-state index contributed by atoms with van der Waals surface area (Å²) in [5.74, 6) is 0.466. The second-order valence-corrected chi connectivity index (χ2v) is 5.47. The highest BCUT2D eigenvalue weighted by atomic mass is 16.3. The van der Waals surface area contributed by atoms with Crippen LogP contribution in [0.2, 0.25) is 0 Å². The van der Waals surface area contributed by atoms with Crippen LogP contribution < -0.4 is 5.32 Å². The molecule has 1 atom stereocenters. The normalized spacial score (nSPS) is 18.2. The average molecular weight is 261 g/mol. The molecule has 1 aliphatic rings. The summed E-state index contributed by atoms with van der Waals surface area (Å²) in [6, 6.07) is 7.89. The van der Waals surface area contributed by atoms with Gasteiger partial charge in [-0.3, -0.25) is 4.79 Å². The fraction of sp³-hybridized carbons (Fsp3) is 0.562. The number of carbonyl (C=O) groups is 1. The molecule has 0 aliphatic carbocycles. The van der Waals surface area contributed by atoms with Crippen LogP contribution in [0.3, 0.4) is 0 Å². The number of aliphatic hydroxyl groups is 1. The number of aryl methyl sites for hydroxylation is 1. The number of hydrogen-bond acceptors (Lipinski definition) is 3. The second kappa shape index (κ2) is 6.83. The maximum absolute atomic E-state index is 12.3. The standard InChI is InChI=1S/C16H23NO2/c1-12(18)2-3-13-4-6-14(7-5-13)16(19)15-8-10-17-11-9-15/h4-7,12,15,17-18H,2-3,8-11H2,1H3. The number of ketones is 1. The summed E-state index contributed by atoms with van der Waals surface area (Å²) < 4.78 is 0. The average Bonchev–Trinajstić information content (AvgIpc) is 2.46. The molecule has 1 fully saturated rings. The van der Waals surface area contributed by atoms with Gasteiger partial charge >= 0.3 is 0 Å². The van der Waals surface area contributed by atoms with E-state index in [9.17, 15) is 9.90 Å². The highest BCUT2D eigenvalue weighted by Crippen LogP contribution is 2.19. The van der Waals surface area contributed by atoms with Crippen LogP contribution in [0.4, 0.5) is 0 Å². The maximum Gasteiger partial charge on any atom is 0.166 e. The quantitative estimate of drug-likeness (QED) is 0.799. The zero-order valence-electron chi connectivity index (χ0n) is 11.6. The third kappa shape index (κ3) is 4.15. The van der Waals surface area contributed by atoms with E-state index in [1.54, 1.807) is 6.92 Å². The first-order valence-corrected chi connectivity index (χ1v) is 7.19. The van der Waals surface area contributed by atoms with E-state index in [2.05, 4.69) is 5.32 Å². The summed E-state index contributed by atoms with van der Waals surface area (Å²) in [5, 5.41) is 12.5. The first-order valence-electron chi connectivity index (χ1n) is 7.19. The Kier molecular flexibility index (Phi) is 5.11. The Hall–Kier alpha value is -1.19. The Morgan fingerprint density at radius 3 is 2.53 bits per heavy atom. The van der Waals surface area contributed by atoms with Gasteiger partial charge in [-0.1, -0.05) is 24.3 Å². The molecule has 3 nitrogen and oxygen atoms in total. The first kappa shape index (κ1) is 14.2. The number of Topliss-reactive ketones (excluding diaryl/α,β-unsaturated/α-hetero) is 1. The van der Waals surface area contributed by atoms with Gasteiger partial charge in [-0.2, -0.15) is 0 Å². The third-order valence-corrected chi connectivity index (χ3v) is 3.80. The Labute approximate surface area is 115 Å². The zero-order valence-corrected chi connectivity index (χ0v) is 11.6. The summed E-state index contributed by atoms with van der Waals surface area (Å²) in [5.41, 5.74) is 2.01. The van der Waals surface area contributed by atoms with E-state index < -0.39 is 0 Å². The molecular formula is C16H23NO2. The minimum atomic E-state index is -0.268. The number of rotatable bonds is 5. The Bertz CT molecular complexity index is 405. The number of benzene rings is 1. The molecule has 2 N–H and O–H groups in total. The van der Waals surface area contributed by atoms with Crippen LogP contribution in [0.1, 0.15) is 42.1 Å². The van der Waals surface area contributed by atoms with E-state index >= 15 is 0 Å². The van der Waals surface area contributed by atoms with Gasteiger partial charge in [-0.05, 0) is 51.3 Å². The van der Waals surface area contributed by atoms with Crippen molar-refractivity contribution in [3.8, 4) is 0 Å². The lowest BCUT2D eigenvalue weighted by Crippen LogP contribution is -2.31. The van der Waals surface area contributed by atoms with Crippen molar-refractivity contribution in [2.24, 2.45) is 5.92 Å². The molecule has 19 heavy (non-hydrogen) atoms. The molecule has 1 aliphatic heterocycles. The minimum Gasteiger partial charge on any atom is -0.393 e. The van der Waals surface area contributed by atoms with Gasteiger partial charge in [0, 0.05) is 11.5 Å². The molecule has 104 valence electrons. The SMILES string of the molecule is CC(O)CCc1ccc(C(=O)C2CCNCC2)cc1. The summed E-state index contributed by atoms with van der Waals surface area (Å²) in [7, 11) is 0. The van der Waals surface area contributed by atoms with Gasteiger partial charge < -0.3 is 10.4 Å². The molecule has 0 radical (unpaired) electrons. The highest BCUT2D eigenvalue weighted by molar-refractivity contribution is 5.97. The van der Waals surface area contributed by atoms with Crippen molar-refractivity contribution in [3.05, 3.63) is 35.4 Å². The Morgan fingerprint density at radius 1 is 1.32 bits per heavy atom. The lowest BCUT2D eigenvalue weighted by molar-refractivity contribution is 0.0895. The fourth-order valence-electron chi connectivity index (χ4n) is 2.53. The van der Waals surface area contributed by atoms with Gasteiger partial charge in [-0.25, -0.2) is 0 Å². The molecular weight excluding hydrogens is 238 g/mol. The molecule has 1 aromatic rings. The van der Waals surface area contributed by atoms with E-state index in [1.807, 2.05) is 24.3 Å². The predicted octanol–water partition coefficient (Wildman–Crippen LogP) is 2.18. The van der Waals surface area contributed by atoms with Gasteiger partial charge in [-0.15, -0.1) is 0 Å². The number of piperidine rings is 1. The summed E-state index contributed by atoms with van der Waals surface area (Å²) >= 11 is 0. The molecule has 0 bridgehead atoms. The molecule has 0 saturated carbocycles. The van der Waals surface area contributed by atoms with E-state index in [1.165, 1.54) is 5.56 Å². The van der Waals surface area contributed by atoms with Crippen molar-refractivity contribution in [1.29, 1.82) is 0 Å². The van der Waals surface area contributed by atoms with Crippen LogP contribution in [0, 0.1) is 5.92 Å².